The van der Waals surface area contributed by atoms with Gasteiger partial charge in [0.2, 0.25) is 0 Å². The van der Waals surface area contributed by atoms with Gasteiger partial charge in [0.15, 0.2) is 0 Å². The maximum Gasteiger partial charge on any atom is 0.139 e. The number of benzene rings is 1. The SMILES string of the molecule is CC(C)(C)C(O)(CN)c1cc2ccccc2o1. The van der Waals surface area contributed by atoms with Crippen LogP contribution in [0.2, 0.25) is 0 Å². The van der Waals surface area contributed by atoms with Gasteiger partial charge in [0, 0.05) is 11.9 Å². The van der Waals surface area contributed by atoms with Gasteiger partial charge in [-0.3, -0.25) is 0 Å². The van der Waals surface area contributed by atoms with Crippen molar-refractivity contribution in [2.45, 2.75) is 26.4 Å². The summed E-state index contributed by atoms with van der Waals surface area (Å²) in [6.07, 6.45) is 0. The summed E-state index contributed by atoms with van der Waals surface area (Å²) in [5.41, 5.74) is 4.99. The summed E-state index contributed by atoms with van der Waals surface area (Å²) < 4.78 is 5.72. The molecule has 0 saturated heterocycles. The van der Waals surface area contributed by atoms with Gasteiger partial charge in [-0.2, -0.15) is 0 Å². The molecule has 3 heteroatoms. The summed E-state index contributed by atoms with van der Waals surface area (Å²) in [6.45, 7) is 5.99. The average Bonchev–Trinajstić information content (AvgIpc) is 2.70. The van der Waals surface area contributed by atoms with Crippen LogP contribution in [0.25, 0.3) is 11.0 Å². The Kier molecular flexibility index (Phi) is 2.76. The van der Waals surface area contributed by atoms with E-state index in [4.69, 9.17) is 10.2 Å². The number of aliphatic hydroxyl groups is 1. The first-order chi connectivity index (χ1) is 7.88. The average molecular weight is 233 g/mol. The minimum absolute atomic E-state index is 0.135. The molecule has 0 bridgehead atoms. The van der Waals surface area contributed by atoms with Gasteiger partial charge in [0.05, 0.1) is 0 Å². The zero-order valence-corrected chi connectivity index (χ0v) is 10.5. The fraction of sp³-hybridized carbons (Fsp3) is 0.429. The second kappa shape index (κ2) is 3.86. The summed E-state index contributed by atoms with van der Waals surface area (Å²) in [6, 6.07) is 9.57. The minimum Gasteiger partial charge on any atom is -0.458 e. The first kappa shape index (κ1) is 12.1. The highest BCUT2D eigenvalue weighted by molar-refractivity contribution is 5.78. The van der Waals surface area contributed by atoms with E-state index in [1.54, 1.807) is 0 Å². The predicted octanol–water partition coefficient (Wildman–Crippen LogP) is 2.63. The minimum atomic E-state index is -1.15. The van der Waals surface area contributed by atoms with Crippen LogP contribution in [-0.2, 0) is 5.60 Å². The van der Waals surface area contributed by atoms with Gasteiger partial charge in [-0.1, -0.05) is 39.0 Å². The van der Waals surface area contributed by atoms with E-state index in [1.807, 2.05) is 51.1 Å². The molecule has 0 aliphatic heterocycles. The molecule has 17 heavy (non-hydrogen) atoms. The maximum absolute atomic E-state index is 10.7. The van der Waals surface area contributed by atoms with Gasteiger partial charge >= 0.3 is 0 Å². The number of furan rings is 1. The Bertz CT molecular complexity index is 491. The van der Waals surface area contributed by atoms with Crippen LogP contribution in [0.3, 0.4) is 0 Å². The van der Waals surface area contributed by atoms with Crippen molar-refractivity contribution >= 4 is 11.0 Å². The van der Waals surface area contributed by atoms with Crippen LogP contribution >= 0.6 is 0 Å². The van der Waals surface area contributed by atoms with Gasteiger partial charge in [-0.15, -0.1) is 0 Å². The van der Waals surface area contributed by atoms with E-state index in [9.17, 15) is 5.11 Å². The third kappa shape index (κ3) is 1.85. The van der Waals surface area contributed by atoms with Crippen LogP contribution in [0.4, 0.5) is 0 Å². The van der Waals surface area contributed by atoms with Gasteiger partial charge in [-0.25, -0.2) is 0 Å². The normalized spacial score (nSPS) is 16.1. The van der Waals surface area contributed by atoms with Gasteiger partial charge < -0.3 is 15.3 Å². The van der Waals surface area contributed by atoms with Crippen molar-refractivity contribution in [3.63, 3.8) is 0 Å². The first-order valence-corrected chi connectivity index (χ1v) is 5.80. The number of rotatable bonds is 2. The van der Waals surface area contributed by atoms with Crippen molar-refractivity contribution in [1.82, 2.24) is 0 Å². The molecule has 3 nitrogen and oxygen atoms in total. The van der Waals surface area contributed by atoms with E-state index in [-0.39, 0.29) is 12.0 Å². The molecule has 1 aromatic heterocycles. The Hall–Kier alpha value is -1.32. The fourth-order valence-electron chi connectivity index (χ4n) is 1.96. The fourth-order valence-corrected chi connectivity index (χ4v) is 1.96. The topological polar surface area (TPSA) is 59.4 Å². The summed E-state index contributed by atoms with van der Waals surface area (Å²) >= 11 is 0. The molecule has 1 heterocycles. The molecule has 1 aromatic carbocycles. The zero-order chi connectivity index (χ0) is 12.7. The zero-order valence-electron chi connectivity index (χ0n) is 10.5. The molecule has 1 unspecified atom stereocenters. The van der Waals surface area contributed by atoms with Gasteiger partial charge in [0.1, 0.15) is 16.9 Å². The molecular weight excluding hydrogens is 214 g/mol. The van der Waals surface area contributed by atoms with E-state index >= 15 is 0 Å². The van der Waals surface area contributed by atoms with Crippen LogP contribution < -0.4 is 5.73 Å². The Morgan fingerprint density at radius 3 is 2.41 bits per heavy atom. The molecule has 0 saturated carbocycles. The van der Waals surface area contributed by atoms with Crippen LogP contribution in [0, 0.1) is 5.41 Å². The van der Waals surface area contributed by atoms with Crippen molar-refractivity contribution in [3.8, 4) is 0 Å². The van der Waals surface area contributed by atoms with Crippen LogP contribution in [0.5, 0.6) is 0 Å². The Balaban J connectivity index is 2.58. The highest BCUT2D eigenvalue weighted by Gasteiger charge is 2.43. The summed E-state index contributed by atoms with van der Waals surface area (Å²) in [5.74, 6) is 0.536. The molecule has 0 aliphatic carbocycles. The highest BCUT2D eigenvalue weighted by Crippen LogP contribution is 2.40. The summed E-state index contributed by atoms with van der Waals surface area (Å²) in [4.78, 5) is 0. The summed E-state index contributed by atoms with van der Waals surface area (Å²) in [7, 11) is 0. The van der Waals surface area contributed by atoms with Crippen molar-refractivity contribution in [3.05, 3.63) is 36.1 Å². The van der Waals surface area contributed by atoms with Crippen LogP contribution in [-0.4, -0.2) is 11.7 Å². The standard InChI is InChI=1S/C14H19NO2/c1-13(2,3)14(16,9-15)12-8-10-6-4-5-7-11(10)17-12/h4-8,16H,9,15H2,1-3H3. The van der Waals surface area contributed by atoms with Gasteiger partial charge in [-0.05, 0) is 17.5 Å². The molecule has 0 spiro atoms. The summed E-state index contributed by atoms with van der Waals surface area (Å²) in [5, 5.41) is 11.7. The lowest BCUT2D eigenvalue weighted by atomic mass is 9.75. The predicted molar refractivity (Wildman–Crippen MR) is 68.6 cm³/mol. The largest absolute Gasteiger partial charge is 0.458 e. The van der Waals surface area contributed by atoms with E-state index in [1.165, 1.54) is 0 Å². The first-order valence-electron chi connectivity index (χ1n) is 5.80. The molecule has 92 valence electrons. The second-order valence-corrected chi connectivity index (χ2v) is 5.46. The van der Waals surface area contributed by atoms with Crippen molar-refractivity contribution in [2.75, 3.05) is 6.54 Å². The number of nitrogens with two attached hydrogens (primary N) is 1. The number of hydrogen-bond acceptors (Lipinski definition) is 3. The van der Waals surface area contributed by atoms with Gasteiger partial charge in [0.25, 0.3) is 0 Å². The number of hydrogen-bond donors (Lipinski definition) is 2. The van der Waals surface area contributed by atoms with Crippen LogP contribution in [0.15, 0.2) is 34.7 Å². The Labute approximate surface area is 101 Å². The molecular formula is C14H19NO2. The lowest BCUT2D eigenvalue weighted by Gasteiger charge is -2.37. The number of fused-ring (bicyclic) bond motifs is 1. The van der Waals surface area contributed by atoms with E-state index in [2.05, 4.69) is 0 Å². The molecule has 0 aliphatic rings. The molecule has 1 atom stereocenters. The van der Waals surface area contributed by atoms with Crippen molar-refractivity contribution in [2.24, 2.45) is 11.1 Å². The molecule has 0 fully saturated rings. The second-order valence-electron chi connectivity index (χ2n) is 5.46. The lowest BCUT2D eigenvalue weighted by Crippen LogP contribution is -2.46. The molecule has 0 amide bonds. The molecule has 0 radical (unpaired) electrons. The van der Waals surface area contributed by atoms with E-state index < -0.39 is 5.60 Å². The smallest absolute Gasteiger partial charge is 0.139 e. The number of para-hydroxylation sites is 1. The monoisotopic (exact) mass is 233 g/mol. The highest BCUT2D eigenvalue weighted by atomic mass is 16.4. The third-order valence-electron chi connectivity index (χ3n) is 3.37. The van der Waals surface area contributed by atoms with Crippen LogP contribution in [0.1, 0.15) is 26.5 Å². The Morgan fingerprint density at radius 1 is 1.24 bits per heavy atom. The Morgan fingerprint density at radius 2 is 1.88 bits per heavy atom. The van der Waals surface area contributed by atoms with Crippen molar-refractivity contribution in [1.29, 1.82) is 0 Å². The molecule has 3 N–H and O–H groups in total. The third-order valence-corrected chi connectivity index (χ3v) is 3.37. The van der Waals surface area contributed by atoms with Crippen molar-refractivity contribution < 1.29 is 9.52 Å². The van der Waals surface area contributed by atoms with E-state index in [0.717, 1.165) is 11.0 Å². The molecule has 2 aromatic rings. The maximum atomic E-state index is 10.7. The quantitative estimate of drug-likeness (QED) is 0.838. The van der Waals surface area contributed by atoms with E-state index in [0.29, 0.717) is 5.76 Å². The molecule has 2 rings (SSSR count). The lowest BCUT2D eigenvalue weighted by molar-refractivity contribution is -0.0711.